The van der Waals surface area contributed by atoms with Crippen LogP contribution in [-0.4, -0.2) is 4.98 Å². The van der Waals surface area contributed by atoms with Gasteiger partial charge in [-0.1, -0.05) is 34.8 Å². The second-order valence-electron chi connectivity index (χ2n) is 3.22. The molecule has 0 saturated carbocycles. The van der Waals surface area contributed by atoms with Crippen LogP contribution in [0.2, 0.25) is 15.1 Å². The molecule has 0 unspecified atom stereocenters. The minimum atomic E-state index is 0.467. The summed E-state index contributed by atoms with van der Waals surface area (Å²) in [7, 11) is 0. The molecule has 5 heteroatoms. The number of benzene rings is 1. The van der Waals surface area contributed by atoms with Crippen molar-refractivity contribution in [1.29, 1.82) is 0 Å². The molecule has 82 valence electrons. The molecule has 0 saturated heterocycles. The predicted molar refractivity (Wildman–Crippen MR) is 69.1 cm³/mol. The van der Waals surface area contributed by atoms with Crippen LogP contribution in [0.3, 0.4) is 0 Å². The van der Waals surface area contributed by atoms with Crippen LogP contribution in [0.25, 0.3) is 11.3 Å². The lowest BCUT2D eigenvalue weighted by Crippen LogP contribution is -1.89. The number of pyridine rings is 1. The molecule has 1 heterocycles. The van der Waals surface area contributed by atoms with Gasteiger partial charge in [-0.2, -0.15) is 0 Å². The summed E-state index contributed by atoms with van der Waals surface area (Å²) in [5, 5.41) is 1.43. The molecule has 0 aliphatic heterocycles. The normalized spacial score (nSPS) is 10.4. The molecule has 1 aromatic carbocycles. The molecule has 16 heavy (non-hydrogen) atoms. The average Bonchev–Trinajstić information content (AvgIpc) is 2.19. The number of rotatable bonds is 1. The van der Waals surface area contributed by atoms with Gasteiger partial charge in [-0.15, -0.1) is 0 Å². The minimum absolute atomic E-state index is 0.467. The van der Waals surface area contributed by atoms with E-state index in [-0.39, 0.29) is 0 Å². The van der Waals surface area contributed by atoms with Crippen molar-refractivity contribution in [2.75, 3.05) is 5.73 Å². The van der Waals surface area contributed by atoms with Gasteiger partial charge in [0.15, 0.2) is 0 Å². The van der Waals surface area contributed by atoms with E-state index < -0.39 is 0 Å². The van der Waals surface area contributed by atoms with Gasteiger partial charge in [-0.05, 0) is 24.3 Å². The summed E-state index contributed by atoms with van der Waals surface area (Å²) >= 11 is 18.0. The lowest BCUT2D eigenvalue weighted by molar-refractivity contribution is 1.33. The smallest absolute Gasteiger partial charge is 0.0733 e. The van der Waals surface area contributed by atoms with Gasteiger partial charge in [0.2, 0.25) is 0 Å². The molecule has 2 N–H and O–H groups in total. The molecule has 0 amide bonds. The third-order valence-electron chi connectivity index (χ3n) is 2.05. The quantitative estimate of drug-likeness (QED) is 0.842. The van der Waals surface area contributed by atoms with Crippen molar-refractivity contribution in [2.45, 2.75) is 0 Å². The van der Waals surface area contributed by atoms with Gasteiger partial charge in [-0.3, -0.25) is 4.98 Å². The first-order valence-electron chi connectivity index (χ1n) is 4.44. The van der Waals surface area contributed by atoms with E-state index >= 15 is 0 Å². The predicted octanol–water partition coefficient (Wildman–Crippen LogP) is 4.29. The van der Waals surface area contributed by atoms with E-state index in [1.165, 1.54) is 0 Å². The Kier molecular flexibility index (Phi) is 3.24. The van der Waals surface area contributed by atoms with Crippen LogP contribution in [0.5, 0.6) is 0 Å². The fourth-order valence-electron chi connectivity index (χ4n) is 1.34. The number of anilines is 1. The number of nitrogens with zero attached hydrogens (tertiary/aromatic N) is 1. The first-order chi connectivity index (χ1) is 7.58. The maximum atomic E-state index is 6.07. The fraction of sp³-hybridized carbons (Fsp3) is 0. The van der Waals surface area contributed by atoms with Crippen molar-refractivity contribution >= 4 is 40.5 Å². The summed E-state index contributed by atoms with van der Waals surface area (Å²) in [5.74, 6) is 0. The van der Waals surface area contributed by atoms with E-state index in [2.05, 4.69) is 4.98 Å². The topological polar surface area (TPSA) is 38.9 Å². The average molecular weight is 274 g/mol. The molecule has 0 bridgehead atoms. The summed E-state index contributed by atoms with van der Waals surface area (Å²) in [6.45, 7) is 0. The second-order valence-corrected chi connectivity index (χ2v) is 4.47. The van der Waals surface area contributed by atoms with Gasteiger partial charge in [0, 0.05) is 10.6 Å². The monoisotopic (exact) mass is 272 g/mol. The third-order valence-corrected chi connectivity index (χ3v) is 2.86. The number of hydrogen-bond donors (Lipinski definition) is 1. The number of nitrogen functional groups attached to an aromatic ring is 1. The molecule has 2 nitrogen and oxygen atoms in total. The maximum absolute atomic E-state index is 6.07. The molecule has 0 atom stereocenters. The van der Waals surface area contributed by atoms with Crippen molar-refractivity contribution in [2.24, 2.45) is 0 Å². The van der Waals surface area contributed by atoms with Crippen molar-refractivity contribution in [3.63, 3.8) is 0 Å². The number of halogens is 3. The lowest BCUT2D eigenvalue weighted by atomic mass is 10.1. The van der Waals surface area contributed by atoms with Crippen molar-refractivity contribution in [3.05, 3.63) is 45.5 Å². The summed E-state index contributed by atoms with van der Waals surface area (Å²) < 4.78 is 0. The Morgan fingerprint density at radius 3 is 2.12 bits per heavy atom. The van der Waals surface area contributed by atoms with Crippen LogP contribution in [-0.2, 0) is 0 Å². The van der Waals surface area contributed by atoms with E-state index in [0.717, 1.165) is 0 Å². The van der Waals surface area contributed by atoms with E-state index in [1.807, 2.05) is 0 Å². The van der Waals surface area contributed by atoms with Gasteiger partial charge < -0.3 is 5.73 Å². The van der Waals surface area contributed by atoms with Crippen LogP contribution in [0.1, 0.15) is 0 Å². The zero-order valence-corrected chi connectivity index (χ0v) is 10.3. The van der Waals surface area contributed by atoms with Crippen molar-refractivity contribution in [1.82, 2.24) is 4.98 Å². The summed E-state index contributed by atoms with van der Waals surface area (Å²) in [5.41, 5.74) is 7.47. The third kappa shape index (κ3) is 2.24. The van der Waals surface area contributed by atoms with Crippen LogP contribution in [0, 0.1) is 0 Å². The van der Waals surface area contributed by atoms with Crippen LogP contribution < -0.4 is 5.73 Å². The zero-order chi connectivity index (χ0) is 11.7. The fourth-order valence-corrected chi connectivity index (χ4v) is 2.35. The highest BCUT2D eigenvalue weighted by Crippen LogP contribution is 2.36. The van der Waals surface area contributed by atoms with E-state index in [4.69, 9.17) is 40.5 Å². The van der Waals surface area contributed by atoms with Crippen LogP contribution in [0.4, 0.5) is 5.69 Å². The molecular formula is C11H7Cl3N2. The SMILES string of the molecule is Nc1ccc(-c2c(Cl)cc(Cl)cc2Cl)nc1. The van der Waals surface area contributed by atoms with Crippen LogP contribution in [0.15, 0.2) is 30.5 Å². The Morgan fingerprint density at radius 2 is 1.62 bits per heavy atom. The molecule has 2 rings (SSSR count). The Balaban J connectivity index is 2.60. The molecule has 0 radical (unpaired) electrons. The number of nitrogens with two attached hydrogens (primary N) is 1. The molecule has 0 spiro atoms. The van der Waals surface area contributed by atoms with Crippen molar-refractivity contribution < 1.29 is 0 Å². The first kappa shape index (κ1) is 11.5. The molecule has 0 aliphatic carbocycles. The van der Waals surface area contributed by atoms with E-state index in [1.54, 1.807) is 30.5 Å². The highest BCUT2D eigenvalue weighted by molar-refractivity contribution is 6.41. The molecular weight excluding hydrogens is 266 g/mol. The Labute approximate surface area is 108 Å². The Hall–Kier alpha value is -0.960. The Bertz CT molecular complexity index is 500. The number of aromatic nitrogens is 1. The Morgan fingerprint density at radius 1 is 1.00 bits per heavy atom. The van der Waals surface area contributed by atoms with E-state index in [9.17, 15) is 0 Å². The number of hydrogen-bond acceptors (Lipinski definition) is 2. The summed E-state index contributed by atoms with van der Waals surface area (Å²) in [6.07, 6.45) is 1.55. The van der Waals surface area contributed by atoms with E-state index in [0.29, 0.717) is 32.0 Å². The van der Waals surface area contributed by atoms with Gasteiger partial charge >= 0.3 is 0 Å². The summed E-state index contributed by atoms with van der Waals surface area (Å²) in [6, 6.07) is 6.75. The largest absolute Gasteiger partial charge is 0.397 e. The molecule has 1 aromatic heterocycles. The van der Waals surface area contributed by atoms with Gasteiger partial charge in [-0.25, -0.2) is 0 Å². The lowest BCUT2D eigenvalue weighted by Gasteiger charge is -2.07. The highest BCUT2D eigenvalue weighted by atomic mass is 35.5. The van der Waals surface area contributed by atoms with Gasteiger partial charge in [0.25, 0.3) is 0 Å². The van der Waals surface area contributed by atoms with Crippen LogP contribution >= 0.6 is 34.8 Å². The highest BCUT2D eigenvalue weighted by Gasteiger charge is 2.10. The summed E-state index contributed by atoms with van der Waals surface area (Å²) in [4.78, 5) is 4.16. The zero-order valence-electron chi connectivity index (χ0n) is 8.05. The van der Waals surface area contributed by atoms with Gasteiger partial charge in [0.1, 0.15) is 0 Å². The first-order valence-corrected chi connectivity index (χ1v) is 5.58. The minimum Gasteiger partial charge on any atom is -0.397 e. The molecule has 0 aliphatic rings. The maximum Gasteiger partial charge on any atom is 0.0733 e. The van der Waals surface area contributed by atoms with Gasteiger partial charge in [0.05, 0.1) is 27.6 Å². The molecule has 0 fully saturated rings. The molecule has 2 aromatic rings. The van der Waals surface area contributed by atoms with Crippen molar-refractivity contribution in [3.8, 4) is 11.3 Å². The second kappa shape index (κ2) is 4.50. The standard InChI is InChI=1S/C11H7Cl3N2/c12-6-3-8(13)11(9(14)4-6)10-2-1-7(15)5-16-10/h1-5H,15H2.